The smallest absolute Gasteiger partial charge is 0.550 e. The van der Waals surface area contributed by atoms with Crippen molar-refractivity contribution >= 4 is 64.1 Å². The Bertz CT molecular complexity index is 1130. The van der Waals surface area contributed by atoms with Gasteiger partial charge in [0.05, 0.1) is 21.4 Å². The number of benzene rings is 2. The number of rotatable bonds is 11. The average molecular weight is 524 g/mol. The first kappa shape index (κ1) is 29.2. The molecule has 1 heterocycles. The van der Waals surface area contributed by atoms with Gasteiger partial charge in [-0.05, 0) is 79.7 Å². The number of carbonyl (C=O) groups excluding carboxylic acids is 1. The van der Waals surface area contributed by atoms with Gasteiger partial charge in [-0.3, -0.25) is 0 Å². The van der Waals surface area contributed by atoms with Crippen LogP contribution in [0.2, 0.25) is 5.02 Å². The third-order valence-electron chi connectivity index (χ3n) is 4.86. The number of thioether (sulfide) groups is 2. The van der Waals surface area contributed by atoms with Gasteiger partial charge in [-0.2, -0.15) is 0 Å². The third-order valence-corrected chi connectivity index (χ3v) is 7.94. The van der Waals surface area contributed by atoms with E-state index in [-0.39, 0.29) is 40.6 Å². The number of fused-ring (bicyclic) bond motifs is 1. The normalized spacial score (nSPS) is 12.6. The molecule has 3 aromatic rings. The quantitative estimate of drug-likeness (QED) is 0.308. The van der Waals surface area contributed by atoms with Crippen LogP contribution in [0, 0.1) is 0 Å². The molecular formula is C26H27ClNNaO3S2. The van der Waals surface area contributed by atoms with Gasteiger partial charge in [-0.15, -0.1) is 23.5 Å². The summed E-state index contributed by atoms with van der Waals surface area (Å²) in [4.78, 5) is 15.5. The molecule has 4 nitrogen and oxygen atoms in total. The molecule has 0 saturated heterocycles. The summed E-state index contributed by atoms with van der Waals surface area (Å²) in [5.41, 5.74) is 3.11. The van der Waals surface area contributed by atoms with Crippen molar-refractivity contribution in [2.24, 2.45) is 0 Å². The molecule has 1 atom stereocenters. The fraction of sp³-hybridized carbons (Fsp3) is 0.308. The summed E-state index contributed by atoms with van der Waals surface area (Å²) < 4.78 is 0.0704. The van der Waals surface area contributed by atoms with E-state index in [0.717, 1.165) is 33.5 Å². The van der Waals surface area contributed by atoms with E-state index in [4.69, 9.17) is 11.6 Å². The maximum Gasteiger partial charge on any atom is 1.00 e. The molecule has 1 N–H and O–H groups in total. The molecule has 0 fully saturated rings. The first-order valence-corrected chi connectivity index (χ1v) is 13.2. The maximum atomic E-state index is 10.9. The SMILES string of the molecule is CC(C)(O)CCS[C@@H](SCCC(=O)[O-])c1cccc(C=Cc2ccc3ccc(Cl)cc3n2)c1.[Na+]. The van der Waals surface area contributed by atoms with E-state index in [0.29, 0.717) is 17.2 Å². The Balaban J connectivity index is 0.00000408. The minimum Gasteiger partial charge on any atom is -0.550 e. The number of hydrogen-bond donors (Lipinski definition) is 1. The second kappa shape index (κ2) is 13.9. The Morgan fingerprint density at radius 2 is 1.85 bits per heavy atom. The number of halogens is 1. The van der Waals surface area contributed by atoms with E-state index < -0.39 is 11.6 Å². The van der Waals surface area contributed by atoms with Crippen LogP contribution in [0.4, 0.5) is 0 Å². The van der Waals surface area contributed by atoms with Crippen molar-refractivity contribution in [3.05, 3.63) is 76.4 Å². The van der Waals surface area contributed by atoms with Gasteiger partial charge in [0.25, 0.3) is 0 Å². The summed E-state index contributed by atoms with van der Waals surface area (Å²) in [5.74, 6) is 0.214. The molecule has 0 unspecified atom stereocenters. The van der Waals surface area contributed by atoms with Crippen LogP contribution in [0.1, 0.15) is 48.1 Å². The van der Waals surface area contributed by atoms with Crippen LogP contribution < -0.4 is 34.7 Å². The first-order chi connectivity index (χ1) is 15.7. The largest absolute Gasteiger partial charge is 1.00 e. The van der Waals surface area contributed by atoms with Crippen LogP contribution in [0.3, 0.4) is 0 Å². The van der Waals surface area contributed by atoms with Gasteiger partial charge in [-0.25, -0.2) is 4.98 Å². The predicted octanol–water partition coefficient (Wildman–Crippen LogP) is 2.83. The second-order valence-electron chi connectivity index (χ2n) is 8.33. The monoisotopic (exact) mass is 523 g/mol. The van der Waals surface area contributed by atoms with E-state index in [2.05, 4.69) is 17.1 Å². The van der Waals surface area contributed by atoms with E-state index in [1.807, 2.05) is 54.6 Å². The Kier molecular flexibility index (Phi) is 12.0. The van der Waals surface area contributed by atoms with Crippen molar-refractivity contribution < 1.29 is 44.6 Å². The number of aliphatic carboxylic acids is 1. The second-order valence-corrected chi connectivity index (χ2v) is 11.5. The van der Waals surface area contributed by atoms with Crippen molar-refractivity contribution in [3.63, 3.8) is 0 Å². The summed E-state index contributed by atoms with van der Waals surface area (Å²) in [5, 5.41) is 22.6. The molecule has 0 amide bonds. The Hall–Kier alpha value is -0.990. The Morgan fingerprint density at radius 3 is 2.59 bits per heavy atom. The molecule has 3 rings (SSSR count). The van der Waals surface area contributed by atoms with Gasteiger partial charge < -0.3 is 15.0 Å². The number of carboxylic acids is 1. The molecule has 34 heavy (non-hydrogen) atoms. The van der Waals surface area contributed by atoms with Crippen molar-refractivity contribution in [1.82, 2.24) is 4.98 Å². The van der Waals surface area contributed by atoms with E-state index >= 15 is 0 Å². The van der Waals surface area contributed by atoms with Crippen LogP contribution in [0.15, 0.2) is 54.6 Å². The molecular weight excluding hydrogens is 497 g/mol. The molecule has 0 aliphatic carbocycles. The molecule has 0 saturated carbocycles. The van der Waals surface area contributed by atoms with Crippen molar-refractivity contribution in [1.29, 1.82) is 0 Å². The van der Waals surface area contributed by atoms with E-state index in [9.17, 15) is 15.0 Å². The zero-order chi connectivity index (χ0) is 23.8. The number of aliphatic hydroxyl groups is 1. The van der Waals surface area contributed by atoms with Crippen LogP contribution in [0.25, 0.3) is 23.1 Å². The number of nitrogens with zero attached hydrogens (tertiary/aromatic N) is 1. The van der Waals surface area contributed by atoms with Crippen LogP contribution >= 0.6 is 35.1 Å². The van der Waals surface area contributed by atoms with Crippen LogP contribution in [0.5, 0.6) is 0 Å². The van der Waals surface area contributed by atoms with Gasteiger partial charge in [-0.1, -0.05) is 48.0 Å². The molecule has 0 aliphatic rings. The molecule has 0 aliphatic heterocycles. The molecule has 1 aromatic heterocycles. The molecule has 0 radical (unpaired) electrons. The minimum absolute atomic E-state index is 0. The Labute approximate surface area is 236 Å². The number of carbonyl (C=O) groups is 1. The average Bonchev–Trinajstić information content (AvgIpc) is 2.75. The summed E-state index contributed by atoms with van der Waals surface area (Å²) in [6.45, 7) is 3.60. The van der Waals surface area contributed by atoms with Crippen molar-refractivity contribution in [3.8, 4) is 0 Å². The topological polar surface area (TPSA) is 73.2 Å². The number of pyridine rings is 1. The zero-order valence-corrected chi connectivity index (χ0v) is 24.1. The summed E-state index contributed by atoms with van der Waals surface area (Å²) in [6, 6.07) is 17.9. The van der Waals surface area contributed by atoms with Crippen molar-refractivity contribution in [2.45, 2.75) is 36.9 Å². The van der Waals surface area contributed by atoms with Gasteiger partial charge >= 0.3 is 29.6 Å². The zero-order valence-electron chi connectivity index (χ0n) is 19.7. The van der Waals surface area contributed by atoms with E-state index in [1.54, 1.807) is 37.4 Å². The van der Waals surface area contributed by atoms with Gasteiger partial charge in [0.15, 0.2) is 0 Å². The summed E-state index contributed by atoms with van der Waals surface area (Å²) >= 11 is 9.40. The fourth-order valence-electron chi connectivity index (χ4n) is 3.10. The Morgan fingerprint density at radius 1 is 1.12 bits per heavy atom. The maximum absolute atomic E-state index is 10.9. The molecule has 174 valence electrons. The summed E-state index contributed by atoms with van der Waals surface area (Å²) in [7, 11) is 0. The fourth-order valence-corrected chi connectivity index (χ4v) is 6.23. The summed E-state index contributed by atoms with van der Waals surface area (Å²) in [6.07, 6.45) is 4.67. The predicted molar refractivity (Wildman–Crippen MR) is 140 cm³/mol. The molecule has 0 spiro atoms. The standard InChI is InChI=1S/C26H28ClNO3S2.Na/c1-26(2,31)13-15-33-25(32-14-12-24(29)30)20-5-3-4-18(16-20)6-10-22-11-8-19-7-9-21(27)17-23(19)28-22;/h3-11,16-17,25,31H,12-15H2,1-2H3,(H,29,30);/q;+1/p-1/t25-;/m1./s1. The van der Waals surface area contributed by atoms with Crippen LogP contribution in [-0.2, 0) is 4.79 Å². The van der Waals surface area contributed by atoms with Gasteiger partial charge in [0.1, 0.15) is 0 Å². The van der Waals surface area contributed by atoms with Gasteiger partial charge in [0, 0.05) is 16.4 Å². The molecule has 2 aromatic carbocycles. The number of carboxylic acid groups (broad SMARTS) is 1. The third kappa shape index (κ3) is 9.94. The first-order valence-electron chi connectivity index (χ1n) is 10.7. The molecule has 8 heteroatoms. The minimum atomic E-state index is -1.04. The molecule has 0 bridgehead atoms. The number of aromatic nitrogens is 1. The van der Waals surface area contributed by atoms with E-state index in [1.165, 1.54) is 0 Å². The van der Waals surface area contributed by atoms with Crippen LogP contribution in [-0.4, -0.2) is 33.2 Å². The van der Waals surface area contributed by atoms with Gasteiger partial charge in [0.2, 0.25) is 0 Å². The number of hydrogen-bond acceptors (Lipinski definition) is 6. The van der Waals surface area contributed by atoms with Crippen molar-refractivity contribution in [2.75, 3.05) is 11.5 Å².